The Bertz CT molecular complexity index is 483. The SMILES string of the molecule is CCCNC1CCN(C(=O)c2cn(C)nc2CC)CC1C. The zero-order chi connectivity index (χ0) is 15.4. The number of likely N-dealkylation sites (tertiary alicyclic amines) is 1. The Labute approximate surface area is 127 Å². The van der Waals surface area contributed by atoms with Crippen LogP contribution in [0.2, 0.25) is 0 Å². The lowest BCUT2D eigenvalue weighted by Gasteiger charge is -2.37. The molecule has 0 radical (unpaired) electrons. The van der Waals surface area contributed by atoms with Crippen LogP contribution in [-0.2, 0) is 13.5 Å². The minimum atomic E-state index is 0.140. The fraction of sp³-hybridized carbons (Fsp3) is 0.750. The average molecular weight is 292 g/mol. The molecule has 1 fully saturated rings. The molecule has 0 bridgehead atoms. The summed E-state index contributed by atoms with van der Waals surface area (Å²) in [5, 5.41) is 7.97. The van der Waals surface area contributed by atoms with Crippen molar-refractivity contribution < 1.29 is 4.79 Å². The molecule has 5 heteroatoms. The zero-order valence-electron chi connectivity index (χ0n) is 13.7. The summed E-state index contributed by atoms with van der Waals surface area (Å²) in [6.45, 7) is 9.19. The first-order valence-corrected chi connectivity index (χ1v) is 8.12. The van der Waals surface area contributed by atoms with Crippen LogP contribution in [-0.4, -0.2) is 46.3 Å². The number of nitrogens with one attached hydrogen (secondary N) is 1. The third kappa shape index (κ3) is 3.64. The van der Waals surface area contributed by atoms with Crippen LogP contribution in [0.1, 0.15) is 49.7 Å². The quantitative estimate of drug-likeness (QED) is 0.901. The second-order valence-corrected chi connectivity index (χ2v) is 6.09. The van der Waals surface area contributed by atoms with E-state index in [9.17, 15) is 4.79 Å². The third-order valence-corrected chi connectivity index (χ3v) is 4.32. The van der Waals surface area contributed by atoms with Gasteiger partial charge in [0.1, 0.15) is 0 Å². The van der Waals surface area contributed by atoms with Gasteiger partial charge in [0.25, 0.3) is 5.91 Å². The highest BCUT2D eigenvalue weighted by Gasteiger charge is 2.30. The number of aryl methyl sites for hydroxylation is 2. The second kappa shape index (κ2) is 7.07. The minimum Gasteiger partial charge on any atom is -0.338 e. The van der Waals surface area contributed by atoms with E-state index in [2.05, 4.69) is 24.3 Å². The number of hydrogen-bond donors (Lipinski definition) is 1. The van der Waals surface area contributed by atoms with Gasteiger partial charge in [0.2, 0.25) is 0 Å². The molecule has 1 N–H and O–H groups in total. The molecular formula is C16H28N4O. The van der Waals surface area contributed by atoms with Crippen LogP contribution in [0.15, 0.2) is 6.20 Å². The summed E-state index contributed by atoms with van der Waals surface area (Å²) in [6.07, 6.45) is 4.84. The monoisotopic (exact) mass is 292 g/mol. The molecule has 1 aromatic heterocycles. The lowest BCUT2D eigenvalue weighted by Crippen LogP contribution is -2.50. The predicted molar refractivity (Wildman–Crippen MR) is 84.4 cm³/mol. The van der Waals surface area contributed by atoms with Crippen LogP contribution in [0.5, 0.6) is 0 Å². The van der Waals surface area contributed by atoms with Gasteiger partial charge in [-0.25, -0.2) is 0 Å². The number of amides is 1. The van der Waals surface area contributed by atoms with Gasteiger partial charge in [0.05, 0.1) is 11.3 Å². The summed E-state index contributed by atoms with van der Waals surface area (Å²) in [7, 11) is 1.87. The fourth-order valence-electron chi connectivity index (χ4n) is 3.11. The van der Waals surface area contributed by atoms with Crippen LogP contribution in [0, 0.1) is 5.92 Å². The maximum absolute atomic E-state index is 12.7. The van der Waals surface area contributed by atoms with E-state index < -0.39 is 0 Å². The number of carbonyl (C=O) groups excluding carboxylic acids is 1. The maximum Gasteiger partial charge on any atom is 0.257 e. The number of hydrogen-bond acceptors (Lipinski definition) is 3. The molecule has 1 saturated heterocycles. The fourth-order valence-corrected chi connectivity index (χ4v) is 3.11. The molecule has 5 nitrogen and oxygen atoms in total. The number of aromatic nitrogens is 2. The van der Waals surface area contributed by atoms with Gasteiger partial charge in [0, 0.05) is 32.4 Å². The predicted octanol–water partition coefficient (Wildman–Crippen LogP) is 1.83. The second-order valence-electron chi connectivity index (χ2n) is 6.09. The Morgan fingerprint density at radius 2 is 2.24 bits per heavy atom. The van der Waals surface area contributed by atoms with Crippen LogP contribution in [0.4, 0.5) is 0 Å². The van der Waals surface area contributed by atoms with E-state index in [0.717, 1.165) is 50.2 Å². The van der Waals surface area contributed by atoms with Crippen molar-refractivity contribution in [3.05, 3.63) is 17.5 Å². The van der Waals surface area contributed by atoms with Gasteiger partial charge in [-0.15, -0.1) is 0 Å². The lowest BCUT2D eigenvalue weighted by molar-refractivity contribution is 0.0644. The van der Waals surface area contributed by atoms with Gasteiger partial charge >= 0.3 is 0 Å². The molecule has 21 heavy (non-hydrogen) atoms. The molecule has 118 valence electrons. The molecule has 1 aliphatic rings. The number of nitrogens with zero attached hydrogens (tertiary/aromatic N) is 3. The molecule has 0 aliphatic carbocycles. The maximum atomic E-state index is 12.7. The molecule has 0 spiro atoms. The highest BCUT2D eigenvalue weighted by atomic mass is 16.2. The summed E-state index contributed by atoms with van der Waals surface area (Å²) < 4.78 is 1.74. The molecule has 2 heterocycles. The standard InChI is InChI=1S/C16H28N4O/c1-5-8-17-15-7-9-20(10-12(15)3)16(21)13-11-19(4)18-14(13)6-2/h11-12,15,17H,5-10H2,1-4H3. The van der Waals surface area contributed by atoms with Crippen LogP contribution in [0.3, 0.4) is 0 Å². The summed E-state index contributed by atoms with van der Waals surface area (Å²) in [5.41, 5.74) is 1.67. The van der Waals surface area contributed by atoms with Crippen LogP contribution >= 0.6 is 0 Å². The lowest BCUT2D eigenvalue weighted by atomic mass is 9.93. The zero-order valence-corrected chi connectivity index (χ0v) is 13.7. The summed E-state index contributed by atoms with van der Waals surface area (Å²) in [5.74, 6) is 0.636. The molecule has 1 amide bonds. The van der Waals surface area contributed by atoms with Crippen molar-refractivity contribution in [3.8, 4) is 0 Å². The topological polar surface area (TPSA) is 50.2 Å². The van der Waals surface area contributed by atoms with E-state index in [1.165, 1.54) is 0 Å². The minimum absolute atomic E-state index is 0.140. The summed E-state index contributed by atoms with van der Waals surface area (Å²) in [6, 6.07) is 0.536. The van der Waals surface area contributed by atoms with Crippen LogP contribution < -0.4 is 5.32 Å². The van der Waals surface area contributed by atoms with E-state index in [1.54, 1.807) is 4.68 Å². The molecule has 2 atom stereocenters. The van der Waals surface area contributed by atoms with Crippen molar-refractivity contribution in [3.63, 3.8) is 0 Å². The van der Waals surface area contributed by atoms with Crippen molar-refractivity contribution in [2.75, 3.05) is 19.6 Å². The van der Waals surface area contributed by atoms with E-state index in [4.69, 9.17) is 0 Å². The Hall–Kier alpha value is -1.36. The van der Waals surface area contributed by atoms with Gasteiger partial charge < -0.3 is 10.2 Å². The number of rotatable bonds is 5. The first-order chi connectivity index (χ1) is 10.1. The van der Waals surface area contributed by atoms with E-state index in [1.807, 2.05) is 25.1 Å². The summed E-state index contributed by atoms with van der Waals surface area (Å²) >= 11 is 0. The number of carbonyl (C=O) groups is 1. The normalized spacial score (nSPS) is 22.6. The molecule has 0 saturated carbocycles. The van der Waals surface area contributed by atoms with Crippen LogP contribution in [0.25, 0.3) is 0 Å². The highest BCUT2D eigenvalue weighted by molar-refractivity contribution is 5.95. The number of piperidine rings is 1. The molecule has 2 unspecified atom stereocenters. The van der Waals surface area contributed by atoms with Gasteiger partial charge in [-0.05, 0) is 31.7 Å². The largest absolute Gasteiger partial charge is 0.338 e. The Morgan fingerprint density at radius 1 is 1.48 bits per heavy atom. The van der Waals surface area contributed by atoms with Crippen molar-refractivity contribution in [2.24, 2.45) is 13.0 Å². The Kier molecular flexibility index (Phi) is 5.39. The van der Waals surface area contributed by atoms with Crippen molar-refractivity contribution in [2.45, 2.75) is 46.1 Å². The van der Waals surface area contributed by atoms with E-state index in [0.29, 0.717) is 12.0 Å². The van der Waals surface area contributed by atoms with Gasteiger partial charge in [-0.2, -0.15) is 5.10 Å². The van der Waals surface area contributed by atoms with Gasteiger partial charge in [-0.1, -0.05) is 20.8 Å². The third-order valence-electron chi connectivity index (χ3n) is 4.32. The molecule has 1 aliphatic heterocycles. The highest BCUT2D eigenvalue weighted by Crippen LogP contribution is 2.20. The molecule has 0 aromatic carbocycles. The first kappa shape index (κ1) is 16.0. The molecule has 2 rings (SSSR count). The summed E-state index contributed by atoms with van der Waals surface area (Å²) in [4.78, 5) is 14.7. The first-order valence-electron chi connectivity index (χ1n) is 8.12. The van der Waals surface area contributed by atoms with Crippen molar-refractivity contribution in [1.82, 2.24) is 20.0 Å². The van der Waals surface area contributed by atoms with Crippen molar-refractivity contribution >= 4 is 5.91 Å². The smallest absolute Gasteiger partial charge is 0.257 e. The van der Waals surface area contributed by atoms with Crippen molar-refractivity contribution in [1.29, 1.82) is 0 Å². The Morgan fingerprint density at radius 3 is 2.86 bits per heavy atom. The average Bonchev–Trinajstić information content (AvgIpc) is 2.86. The molecule has 1 aromatic rings. The van der Waals surface area contributed by atoms with Gasteiger partial charge in [-0.3, -0.25) is 9.48 Å². The Balaban J connectivity index is 2.01. The molecular weight excluding hydrogens is 264 g/mol. The van der Waals surface area contributed by atoms with E-state index in [-0.39, 0.29) is 5.91 Å². The van der Waals surface area contributed by atoms with Gasteiger partial charge in [0.15, 0.2) is 0 Å². The van der Waals surface area contributed by atoms with E-state index >= 15 is 0 Å².